The molecule has 0 aromatic carbocycles. The van der Waals surface area contributed by atoms with E-state index in [1.165, 1.54) is 5.69 Å². The first-order chi connectivity index (χ1) is 11.5. The average Bonchev–Trinajstić information content (AvgIpc) is 3.20. The standard InChI is InChI=1S/C16H21N7O/c1-10-6-11(2)23(20-10)12-4-5-22(8-12)9-14-18-15-13(16(24)19-14)7-17-21(15)3/h6-7,12H,4-5,8-9H2,1-3H3,(H,18,19,24)/t12-/m1/s1. The number of nitrogens with zero attached hydrogens (tertiary/aromatic N) is 6. The van der Waals surface area contributed by atoms with Crippen LogP contribution in [-0.2, 0) is 13.6 Å². The van der Waals surface area contributed by atoms with Gasteiger partial charge in [0.25, 0.3) is 5.56 Å². The Morgan fingerprint density at radius 3 is 2.96 bits per heavy atom. The summed E-state index contributed by atoms with van der Waals surface area (Å²) in [5.41, 5.74) is 2.75. The van der Waals surface area contributed by atoms with Gasteiger partial charge in [-0.15, -0.1) is 0 Å². The molecular weight excluding hydrogens is 306 g/mol. The highest BCUT2D eigenvalue weighted by atomic mass is 16.1. The molecule has 0 unspecified atom stereocenters. The van der Waals surface area contributed by atoms with Crippen LogP contribution in [0.3, 0.4) is 0 Å². The zero-order valence-corrected chi connectivity index (χ0v) is 14.2. The van der Waals surface area contributed by atoms with Crippen LogP contribution >= 0.6 is 0 Å². The molecule has 4 rings (SSSR count). The molecular formula is C16H21N7O. The van der Waals surface area contributed by atoms with Crippen molar-refractivity contribution >= 4 is 11.0 Å². The summed E-state index contributed by atoms with van der Waals surface area (Å²) in [6, 6.07) is 2.49. The van der Waals surface area contributed by atoms with Crippen molar-refractivity contribution in [2.24, 2.45) is 7.05 Å². The summed E-state index contributed by atoms with van der Waals surface area (Å²) < 4.78 is 3.76. The number of nitrogens with one attached hydrogen (secondary N) is 1. The third-order valence-corrected chi connectivity index (χ3v) is 4.66. The summed E-state index contributed by atoms with van der Waals surface area (Å²) in [6.07, 6.45) is 2.61. The largest absolute Gasteiger partial charge is 0.309 e. The Morgan fingerprint density at radius 1 is 1.38 bits per heavy atom. The molecule has 1 aliphatic heterocycles. The third-order valence-electron chi connectivity index (χ3n) is 4.66. The number of likely N-dealkylation sites (tertiary alicyclic amines) is 1. The van der Waals surface area contributed by atoms with E-state index in [4.69, 9.17) is 0 Å². The second-order valence-electron chi connectivity index (χ2n) is 6.57. The molecule has 8 heteroatoms. The Bertz CT molecular complexity index is 951. The van der Waals surface area contributed by atoms with Crippen molar-refractivity contribution in [2.75, 3.05) is 13.1 Å². The second kappa shape index (κ2) is 5.55. The number of hydrogen-bond donors (Lipinski definition) is 1. The SMILES string of the molecule is Cc1cc(C)n([C@@H]2CCN(Cc3nc4c(cnn4C)c(=O)[nH]3)C2)n1. The monoisotopic (exact) mass is 327 g/mol. The number of aryl methyl sites for hydroxylation is 3. The second-order valence-corrected chi connectivity index (χ2v) is 6.57. The molecule has 126 valence electrons. The predicted molar refractivity (Wildman–Crippen MR) is 89.8 cm³/mol. The summed E-state index contributed by atoms with van der Waals surface area (Å²) in [5.74, 6) is 0.685. The van der Waals surface area contributed by atoms with Crippen molar-refractivity contribution in [3.8, 4) is 0 Å². The highest BCUT2D eigenvalue weighted by Crippen LogP contribution is 2.23. The van der Waals surface area contributed by atoms with Crippen LogP contribution in [0.1, 0.15) is 29.7 Å². The summed E-state index contributed by atoms with van der Waals surface area (Å²) in [4.78, 5) is 21.9. The van der Waals surface area contributed by atoms with Gasteiger partial charge >= 0.3 is 0 Å². The van der Waals surface area contributed by atoms with Gasteiger partial charge in [-0.25, -0.2) is 4.98 Å². The van der Waals surface area contributed by atoms with Gasteiger partial charge in [-0.1, -0.05) is 0 Å². The minimum atomic E-state index is -0.127. The minimum absolute atomic E-state index is 0.127. The van der Waals surface area contributed by atoms with Crippen LogP contribution < -0.4 is 5.56 Å². The Morgan fingerprint density at radius 2 is 2.21 bits per heavy atom. The van der Waals surface area contributed by atoms with Crippen molar-refractivity contribution in [1.29, 1.82) is 0 Å². The topological polar surface area (TPSA) is 84.6 Å². The molecule has 1 atom stereocenters. The van der Waals surface area contributed by atoms with Crippen molar-refractivity contribution in [3.05, 3.63) is 39.8 Å². The summed E-state index contributed by atoms with van der Waals surface area (Å²) in [6.45, 7) is 6.63. The Labute approximate surface area is 139 Å². The van der Waals surface area contributed by atoms with Crippen LogP contribution in [-0.4, -0.2) is 47.5 Å². The number of fused-ring (bicyclic) bond motifs is 1. The van der Waals surface area contributed by atoms with Crippen LogP contribution in [0, 0.1) is 13.8 Å². The van der Waals surface area contributed by atoms with Crippen molar-refractivity contribution < 1.29 is 0 Å². The van der Waals surface area contributed by atoms with E-state index in [1.54, 1.807) is 17.9 Å². The summed E-state index contributed by atoms with van der Waals surface area (Å²) in [5, 5.41) is 9.23. The molecule has 3 aromatic rings. The van der Waals surface area contributed by atoms with E-state index in [-0.39, 0.29) is 5.56 Å². The Balaban J connectivity index is 1.53. The van der Waals surface area contributed by atoms with E-state index in [2.05, 4.69) is 42.7 Å². The predicted octanol–water partition coefficient (Wildman–Crippen LogP) is 0.917. The van der Waals surface area contributed by atoms with Gasteiger partial charge in [-0.2, -0.15) is 10.2 Å². The molecule has 0 aliphatic carbocycles. The minimum Gasteiger partial charge on any atom is -0.309 e. The normalized spacial score (nSPS) is 18.7. The Kier molecular flexibility index (Phi) is 3.49. The summed E-state index contributed by atoms with van der Waals surface area (Å²) >= 11 is 0. The van der Waals surface area contributed by atoms with Crippen LogP contribution in [0.2, 0.25) is 0 Å². The molecule has 0 radical (unpaired) electrons. The number of rotatable bonds is 3. The van der Waals surface area contributed by atoms with Crippen LogP contribution in [0.4, 0.5) is 0 Å². The number of H-pyrrole nitrogens is 1. The molecule has 0 amide bonds. The molecule has 1 aliphatic rings. The van der Waals surface area contributed by atoms with Gasteiger partial charge in [0.1, 0.15) is 11.2 Å². The third kappa shape index (κ3) is 2.52. The van der Waals surface area contributed by atoms with Crippen molar-refractivity contribution in [2.45, 2.75) is 32.9 Å². The van der Waals surface area contributed by atoms with Gasteiger partial charge in [0, 0.05) is 25.8 Å². The first kappa shape index (κ1) is 15.1. The molecule has 3 aromatic heterocycles. The van der Waals surface area contributed by atoms with Crippen LogP contribution in [0.15, 0.2) is 17.1 Å². The lowest BCUT2D eigenvalue weighted by molar-refractivity contribution is 0.303. The fourth-order valence-electron chi connectivity index (χ4n) is 3.54. The van der Waals surface area contributed by atoms with E-state index in [0.29, 0.717) is 29.4 Å². The maximum atomic E-state index is 12.1. The quantitative estimate of drug-likeness (QED) is 0.773. The number of hydrogen-bond acceptors (Lipinski definition) is 5. The lowest BCUT2D eigenvalue weighted by Crippen LogP contribution is -2.25. The molecule has 4 heterocycles. The number of aromatic amines is 1. The van der Waals surface area contributed by atoms with E-state index in [0.717, 1.165) is 25.2 Å². The van der Waals surface area contributed by atoms with Crippen LogP contribution in [0.5, 0.6) is 0 Å². The zero-order valence-electron chi connectivity index (χ0n) is 14.2. The van der Waals surface area contributed by atoms with E-state index >= 15 is 0 Å². The molecule has 0 spiro atoms. The highest BCUT2D eigenvalue weighted by Gasteiger charge is 2.26. The highest BCUT2D eigenvalue weighted by molar-refractivity contribution is 5.72. The molecule has 1 N–H and O–H groups in total. The fraction of sp³-hybridized carbons (Fsp3) is 0.500. The van der Waals surface area contributed by atoms with Gasteiger partial charge < -0.3 is 4.98 Å². The molecule has 0 bridgehead atoms. The number of aromatic nitrogens is 6. The molecule has 24 heavy (non-hydrogen) atoms. The summed E-state index contributed by atoms with van der Waals surface area (Å²) in [7, 11) is 1.80. The smallest absolute Gasteiger partial charge is 0.262 e. The van der Waals surface area contributed by atoms with Crippen LogP contribution in [0.25, 0.3) is 11.0 Å². The first-order valence-corrected chi connectivity index (χ1v) is 8.17. The van der Waals surface area contributed by atoms with Gasteiger partial charge in [-0.3, -0.25) is 19.1 Å². The lowest BCUT2D eigenvalue weighted by atomic mass is 10.2. The lowest BCUT2D eigenvalue weighted by Gasteiger charge is -2.16. The van der Waals surface area contributed by atoms with Crippen molar-refractivity contribution in [1.82, 2.24) is 34.4 Å². The Hall–Kier alpha value is -2.48. The van der Waals surface area contributed by atoms with E-state index in [1.807, 2.05) is 6.92 Å². The molecule has 8 nitrogen and oxygen atoms in total. The van der Waals surface area contributed by atoms with Gasteiger partial charge in [0.2, 0.25) is 0 Å². The maximum Gasteiger partial charge on any atom is 0.262 e. The molecule has 0 saturated carbocycles. The van der Waals surface area contributed by atoms with E-state index in [9.17, 15) is 4.79 Å². The van der Waals surface area contributed by atoms with Gasteiger partial charge in [0.05, 0.1) is 24.5 Å². The van der Waals surface area contributed by atoms with E-state index < -0.39 is 0 Å². The van der Waals surface area contributed by atoms with Gasteiger partial charge in [0.15, 0.2) is 5.65 Å². The first-order valence-electron chi connectivity index (χ1n) is 8.17. The molecule has 1 saturated heterocycles. The average molecular weight is 327 g/mol. The molecule has 1 fully saturated rings. The van der Waals surface area contributed by atoms with Gasteiger partial charge in [-0.05, 0) is 26.3 Å². The maximum absolute atomic E-state index is 12.1. The zero-order chi connectivity index (χ0) is 16.8. The van der Waals surface area contributed by atoms with Crippen molar-refractivity contribution in [3.63, 3.8) is 0 Å². The fourth-order valence-corrected chi connectivity index (χ4v) is 3.54.